The van der Waals surface area contributed by atoms with Gasteiger partial charge in [0.2, 0.25) is 0 Å². The first-order chi connectivity index (χ1) is 25.3. The van der Waals surface area contributed by atoms with Gasteiger partial charge in [-0.3, -0.25) is 0 Å². The van der Waals surface area contributed by atoms with Crippen LogP contribution in [0.2, 0.25) is 0 Å². The first-order valence-electron chi connectivity index (χ1n) is 16.9. The number of benzene rings is 7. The quantitative estimate of drug-likeness (QED) is 0.187. The highest BCUT2D eigenvalue weighted by molar-refractivity contribution is 7.25. The van der Waals surface area contributed by atoms with E-state index in [2.05, 4.69) is 138 Å². The second-order valence-corrected chi connectivity index (χ2v) is 13.9. The third kappa shape index (κ3) is 4.37. The first-order valence-corrected chi connectivity index (χ1v) is 17.8. The molecule has 0 saturated heterocycles. The highest BCUT2D eigenvalue weighted by atomic mass is 32.1. The molecule has 0 N–H and O–H groups in total. The van der Waals surface area contributed by atoms with Crippen molar-refractivity contribution in [3.05, 3.63) is 158 Å². The Hall–Kier alpha value is -6.63. The smallest absolute Gasteiger partial charge is 0.167 e. The van der Waals surface area contributed by atoms with Crippen LogP contribution in [0.1, 0.15) is 0 Å². The van der Waals surface area contributed by atoms with Gasteiger partial charge in [0, 0.05) is 58.5 Å². The minimum Gasteiger partial charge on any atom is -0.455 e. The van der Waals surface area contributed by atoms with Gasteiger partial charge in [-0.25, -0.2) is 15.0 Å². The highest BCUT2D eigenvalue weighted by Gasteiger charge is 2.20. The number of thiophene rings is 1. The molecule has 0 amide bonds. The number of rotatable bonds is 4. The van der Waals surface area contributed by atoms with Crippen LogP contribution in [0.25, 0.3) is 104 Å². The molecule has 0 unspecified atom stereocenters. The van der Waals surface area contributed by atoms with Crippen LogP contribution < -0.4 is 0 Å². The zero-order valence-corrected chi connectivity index (χ0v) is 27.9. The zero-order chi connectivity index (χ0) is 33.5. The van der Waals surface area contributed by atoms with Crippen molar-refractivity contribution in [1.29, 1.82) is 0 Å². The SMILES string of the molecule is c1ccc(-n2c3ccccc3c3cc(-c4nc(-c5ccc6c(c5)sc5ccccc56)nc(-c5cccc6c5oc5ccccc56)n4)ccc32)cc1. The summed E-state index contributed by atoms with van der Waals surface area (Å²) < 4.78 is 11.3. The maximum absolute atomic E-state index is 6.47. The monoisotopic (exact) mass is 670 g/mol. The van der Waals surface area contributed by atoms with Crippen LogP contribution in [0.15, 0.2) is 162 Å². The van der Waals surface area contributed by atoms with Gasteiger partial charge in [-0.2, -0.15) is 0 Å². The molecule has 0 aliphatic carbocycles. The largest absolute Gasteiger partial charge is 0.455 e. The molecule has 0 radical (unpaired) electrons. The zero-order valence-electron chi connectivity index (χ0n) is 27.1. The summed E-state index contributed by atoms with van der Waals surface area (Å²) in [7, 11) is 0. The summed E-state index contributed by atoms with van der Waals surface area (Å²) in [6.07, 6.45) is 0. The van der Waals surface area contributed by atoms with Crippen molar-refractivity contribution in [2.24, 2.45) is 0 Å². The van der Waals surface area contributed by atoms with Crippen molar-refractivity contribution in [2.45, 2.75) is 0 Å². The van der Waals surface area contributed by atoms with Crippen LogP contribution in [0.5, 0.6) is 0 Å². The minimum absolute atomic E-state index is 0.572. The Morgan fingerprint density at radius 3 is 1.96 bits per heavy atom. The lowest BCUT2D eigenvalue weighted by Gasteiger charge is -2.10. The van der Waals surface area contributed by atoms with E-state index in [4.69, 9.17) is 19.4 Å². The lowest BCUT2D eigenvalue weighted by Crippen LogP contribution is -2.00. The number of nitrogens with zero attached hydrogens (tertiary/aromatic N) is 4. The van der Waals surface area contributed by atoms with Gasteiger partial charge in [0.05, 0.1) is 16.6 Å². The molecular weight excluding hydrogens is 645 g/mol. The number of para-hydroxylation sites is 4. The summed E-state index contributed by atoms with van der Waals surface area (Å²) in [5.74, 6) is 1.80. The molecule has 7 aromatic carbocycles. The number of hydrogen-bond acceptors (Lipinski definition) is 5. The van der Waals surface area contributed by atoms with Crippen molar-refractivity contribution in [3.63, 3.8) is 0 Å². The van der Waals surface area contributed by atoms with E-state index >= 15 is 0 Å². The number of furan rings is 1. The van der Waals surface area contributed by atoms with Crippen LogP contribution in [0.3, 0.4) is 0 Å². The molecule has 0 atom stereocenters. The van der Waals surface area contributed by atoms with Gasteiger partial charge in [0.15, 0.2) is 17.5 Å². The van der Waals surface area contributed by atoms with Gasteiger partial charge >= 0.3 is 0 Å². The number of aromatic nitrogens is 4. The lowest BCUT2D eigenvalue weighted by atomic mass is 10.1. The predicted molar refractivity (Wildman–Crippen MR) is 211 cm³/mol. The van der Waals surface area contributed by atoms with Crippen LogP contribution in [-0.4, -0.2) is 19.5 Å². The Morgan fingerprint density at radius 1 is 0.431 bits per heavy atom. The molecule has 5 nitrogen and oxygen atoms in total. The normalized spacial score (nSPS) is 11.9. The van der Waals surface area contributed by atoms with Crippen molar-refractivity contribution in [3.8, 4) is 39.9 Å². The molecule has 0 bridgehead atoms. The molecule has 11 aromatic rings. The summed E-state index contributed by atoms with van der Waals surface area (Å²) in [6.45, 7) is 0. The average Bonchev–Trinajstić information content (AvgIpc) is 3.87. The van der Waals surface area contributed by atoms with Gasteiger partial charge in [-0.15, -0.1) is 11.3 Å². The maximum atomic E-state index is 6.47. The first kappa shape index (κ1) is 28.2. The fourth-order valence-corrected chi connectivity index (χ4v) is 8.66. The van der Waals surface area contributed by atoms with Crippen LogP contribution >= 0.6 is 11.3 Å². The molecule has 238 valence electrons. The third-order valence-electron chi connectivity index (χ3n) is 9.86. The minimum atomic E-state index is 0.572. The van der Waals surface area contributed by atoms with Gasteiger partial charge in [-0.1, -0.05) is 97.1 Å². The van der Waals surface area contributed by atoms with Crippen LogP contribution in [-0.2, 0) is 0 Å². The molecule has 0 aliphatic heterocycles. The molecule has 6 heteroatoms. The van der Waals surface area contributed by atoms with Gasteiger partial charge in [0.25, 0.3) is 0 Å². The molecular formula is C45H26N4OS. The summed E-state index contributed by atoms with van der Waals surface area (Å²) in [4.78, 5) is 15.5. The van der Waals surface area contributed by atoms with Crippen LogP contribution in [0, 0.1) is 0 Å². The maximum Gasteiger partial charge on any atom is 0.167 e. The van der Waals surface area contributed by atoms with E-state index in [1.54, 1.807) is 11.3 Å². The number of fused-ring (bicyclic) bond motifs is 9. The van der Waals surface area contributed by atoms with E-state index in [1.165, 1.54) is 25.6 Å². The molecule has 51 heavy (non-hydrogen) atoms. The van der Waals surface area contributed by atoms with E-state index in [9.17, 15) is 0 Å². The lowest BCUT2D eigenvalue weighted by molar-refractivity contribution is 0.669. The summed E-state index contributed by atoms with van der Waals surface area (Å²) in [5, 5.41) is 6.92. The van der Waals surface area contributed by atoms with E-state index in [0.29, 0.717) is 17.5 Å². The Labute approximate surface area is 295 Å². The third-order valence-corrected chi connectivity index (χ3v) is 11.0. The Bertz CT molecular complexity index is 3150. The molecule has 0 spiro atoms. The van der Waals surface area contributed by atoms with E-state index < -0.39 is 0 Å². The second kappa shape index (κ2) is 10.9. The summed E-state index contributed by atoms with van der Waals surface area (Å²) in [6, 6.07) is 55.0. The molecule has 0 fully saturated rings. The van der Waals surface area contributed by atoms with E-state index in [0.717, 1.165) is 60.7 Å². The predicted octanol–water partition coefficient (Wildman–Crippen LogP) is 12.2. The Kier molecular flexibility index (Phi) is 6.05. The number of hydrogen-bond donors (Lipinski definition) is 0. The van der Waals surface area contributed by atoms with Crippen molar-refractivity contribution in [2.75, 3.05) is 0 Å². The molecule has 0 saturated carbocycles. The summed E-state index contributed by atoms with van der Waals surface area (Å²) >= 11 is 1.79. The van der Waals surface area contributed by atoms with Crippen molar-refractivity contribution >= 4 is 75.3 Å². The molecule has 0 aliphatic rings. The molecule has 11 rings (SSSR count). The van der Waals surface area contributed by atoms with E-state index in [-0.39, 0.29) is 0 Å². The topological polar surface area (TPSA) is 56.7 Å². The van der Waals surface area contributed by atoms with E-state index in [1.807, 2.05) is 24.3 Å². The fourth-order valence-electron chi connectivity index (χ4n) is 7.51. The van der Waals surface area contributed by atoms with Gasteiger partial charge < -0.3 is 8.98 Å². The van der Waals surface area contributed by atoms with Crippen LogP contribution in [0.4, 0.5) is 0 Å². The highest BCUT2D eigenvalue weighted by Crippen LogP contribution is 2.39. The standard InChI is InChI=1S/C45H26N4OS/c1-2-11-29(12-3-1)49-37-18-7-4-13-30(37)36-25-27(22-24-38(36)49)43-46-44(28-21-23-33-32-15-6-9-20-40(32)51-41(33)26-28)48-45(47-43)35-17-10-16-34-31-14-5-8-19-39(31)50-42(34)35/h1-26H. The fraction of sp³-hybridized carbons (Fsp3) is 0. The molecule has 4 heterocycles. The van der Waals surface area contributed by atoms with Gasteiger partial charge in [0.1, 0.15) is 11.2 Å². The summed E-state index contributed by atoms with van der Waals surface area (Å²) in [5.41, 5.74) is 7.70. The van der Waals surface area contributed by atoms with Crippen molar-refractivity contribution in [1.82, 2.24) is 19.5 Å². The average molecular weight is 671 g/mol. The van der Waals surface area contributed by atoms with Gasteiger partial charge in [-0.05, 0) is 60.7 Å². The second-order valence-electron chi connectivity index (χ2n) is 12.8. The van der Waals surface area contributed by atoms with Crippen molar-refractivity contribution < 1.29 is 4.42 Å². The molecule has 4 aromatic heterocycles. The Balaban J connectivity index is 1.16. The Morgan fingerprint density at radius 2 is 1.08 bits per heavy atom.